The van der Waals surface area contributed by atoms with Gasteiger partial charge in [0.1, 0.15) is 6.10 Å². The van der Waals surface area contributed by atoms with E-state index in [1.54, 1.807) is 0 Å². The fraction of sp³-hybridized carbons (Fsp3) is 0.625. The minimum atomic E-state index is 0.221. The SMILES string of the molecule is C1=CN=C(C2CNCCO2)C1. The number of hydrogen-bond acceptors (Lipinski definition) is 3. The molecular weight excluding hydrogens is 140 g/mol. The van der Waals surface area contributed by atoms with Gasteiger partial charge in [0.25, 0.3) is 0 Å². The molecular formula is C8H12N2O. The second-order valence-electron chi connectivity index (χ2n) is 2.77. The highest BCUT2D eigenvalue weighted by molar-refractivity contribution is 5.92. The van der Waals surface area contributed by atoms with E-state index in [1.807, 2.05) is 6.20 Å². The molecule has 2 rings (SSSR count). The first-order valence-electron chi connectivity index (χ1n) is 4.01. The Bertz CT molecular complexity index is 192. The Morgan fingerprint density at radius 2 is 2.64 bits per heavy atom. The van der Waals surface area contributed by atoms with Gasteiger partial charge in [-0.3, -0.25) is 4.99 Å². The van der Waals surface area contributed by atoms with Crippen molar-refractivity contribution in [3.05, 3.63) is 12.3 Å². The number of aliphatic imine (C=N–C) groups is 1. The summed E-state index contributed by atoms with van der Waals surface area (Å²) in [6.07, 6.45) is 5.10. The minimum absolute atomic E-state index is 0.221. The van der Waals surface area contributed by atoms with Gasteiger partial charge in [-0.05, 0) is 0 Å². The molecule has 0 radical (unpaired) electrons. The van der Waals surface area contributed by atoms with Gasteiger partial charge >= 0.3 is 0 Å². The number of morpholine rings is 1. The fourth-order valence-corrected chi connectivity index (χ4v) is 1.37. The maximum Gasteiger partial charge on any atom is 0.108 e. The Morgan fingerprint density at radius 3 is 3.27 bits per heavy atom. The van der Waals surface area contributed by atoms with Gasteiger partial charge in [-0.15, -0.1) is 0 Å². The van der Waals surface area contributed by atoms with Crippen molar-refractivity contribution in [1.82, 2.24) is 5.32 Å². The summed E-state index contributed by atoms with van der Waals surface area (Å²) in [6.45, 7) is 2.70. The lowest BCUT2D eigenvalue weighted by Gasteiger charge is -2.23. The molecule has 2 heterocycles. The third-order valence-electron chi connectivity index (χ3n) is 1.97. The molecule has 0 amide bonds. The van der Waals surface area contributed by atoms with E-state index in [-0.39, 0.29) is 6.10 Å². The molecule has 0 spiro atoms. The molecule has 1 unspecified atom stereocenters. The summed E-state index contributed by atoms with van der Waals surface area (Å²) >= 11 is 0. The molecule has 11 heavy (non-hydrogen) atoms. The van der Waals surface area contributed by atoms with Crippen molar-refractivity contribution < 1.29 is 4.74 Å². The summed E-state index contributed by atoms with van der Waals surface area (Å²) in [5.41, 5.74) is 1.16. The highest BCUT2D eigenvalue weighted by Gasteiger charge is 2.19. The van der Waals surface area contributed by atoms with Crippen molar-refractivity contribution in [3.8, 4) is 0 Å². The zero-order valence-electron chi connectivity index (χ0n) is 6.42. The largest absolute Gasteiger partial charge is 0.370 e. The van der Waals surface area contributed by atoms with Gasteiger partial charge in [-0.2, -0.15) is 0 Å². The normalized spacial score (nSPS) is 30.5. The van der Waals surface area contributed by atoms with Crippen molar-refractivity contribution in [2.24, 2.45) is 4.99 Å². The van der Waals surface area contributed by atoms with E-state index in [0.29, 0.717) is 0 Å². The van der Waals surface area contributed by atoms with E-state index in [4.69, 9.17) is 4.74 Å². The van der Waals surface area contributed by atoms with E-state index in [9.17, 15) is 0 Å². The molecule has 0 aliphatic carbocycles. The first kappa shape index (κ1) is 7.00. The molecule has 1 fully saturated rings. The molecule has 0 bridgehead atoms. The van der Waals surface area contributed by atoms with Crippen LogP contribution in [0.3, 0.4) is 0 Å². The van der Waals surface area contributed by atoms with Gasteiger partial charge in [-0.25, -0.2) is 0 Å². The maximum absolute atomic E-state index is 5.53. The van der Waals surface area contributed by atoms with Crippen molar-refractivity contribution in [2.45, 2.75) is 12.5 Å². The maximum atomic E-state index is 5.53. The van der Waals surface area contributed by atoms with E-state index >= 15 is 0 Å². The topological polar surface area (TPSA) is 33.6 Å². The van der Waals surface area contributed by atoms with Gasteiger partial charge in [0.15, 0.2) is 0 Å². The highest BCUT2D eigenvalue weighted by Crippen LogP contribution is 2.08. The van der Waals surface area contributed by atoms with Crippen molar-refractivity contribution in [2.75, 3.05) is 19.7 Å². The Morgan fingerprint density at radius 1 is 1.64 bits per heavy atom. The Balaban J connectivity index is 1.93. The summed E-state index contributed by atoms with van der Waals surface area (Å²) in [7, 11) is 0. The molecule has 1 saturated heterocycles. The molecule has 1 N–H and O–H groups in total. The average Bonchev–Trinajstić information content (AvgIpc) is 2.58. The zero-order chi connectivity index (χ0) is 7.52. The van der Waals surface area contributed by atoms with Crippen LogP contribution in [0.5, 0.6) is 0 Å². The van der Waals surface area contributed by atoms with Crippen LogP contribution in [0.25, 0.3) is 0 Å². The molecule has 60 valence electrons. The van der Waals surface area contributed by atoms with Gasteiger partial charge < -0.3 is 10.1 Å². The summed E-state index contributed by atoms with van der Waals surface area (Å²) in [6, 6.07) is 0. The predicted octanol–water partition coefficient (Wildman–Crippen LogP) is 0.333. The van der Waals surface area contributed by atoms with Crippen LogP contribution in [0.2, 0.25) is 0 Å². The third kappa shape index (κ3) is 1.49. The molecule has 0 aromatic carbocycles. The first-order chi connectivity index (χ1) is 5.47. The van der Waals surface area contributed by atoms with Crippen LogP contribution in [-0.2, 0) is 4.74 Å². The molecule has 2 aliphatic rings. The van der Waals surface area contributed by atoms with Crippen LogP contribution in [0.1, 0.15) is 6.42 Å². The lowest BCUT2D eigenvalue weighted by atomic mass is 10.1. The molecule has 3 nitrogen and oxygen atoms in total. The summed E-state index contributed by atoms with van der Waals surface area (Å²) in [4.78, 5) is 4.23. The Hall–Kier alpha value is -0.670. The average molecular weight is 152 g/mol. The van der Waals surface area contributed by atoms with E-state index < -0.39 is 0 Å². The standard InChI is InChI=1S/C8H12N2O/c1-2-7(10-3-1)8-6-9-4-5-11-8/h1,3,8-9H,2,4-6H2. The molecule has 1 atom stereocenters. The lowest BCUT2D eigenvalue weighted by molar-refractivity contribution is 0.0704. The number of nitrogens with one attached hydrogen (secondary N) is 1. The summed E-state index contributed by atoms with van der Waals surface area (Å²) in [5, 5.41) is 3.28. The van der Waals surface area contributed by atoms with Crippen LogP contribution in [0.4, 0.5) is 0 Å². The summed E-state index contributed by atoms with van der Waals surface area (Å²) < 4.78 is 5.53. The fourth-order valence-electron chi connectivity index (χ4n) is 1.37. The second-order valence-corrected chi connectivity index (χ2v) is 2.77. The number of hydrogen-bond donors (Lipinski definition) is 1. The van der Waals surface area contributed by atoms with Gasteiger partial charge in [0, 0.05) is 25.7 Å². The number of rotatable bonds is 1. The molecule has 0 aromatic heterocycles. The van der Waals surface area contributed by atoms with Crippen LogP contribution < -0.4 is 5.32 Å². The highest BCUT2D eigenvalue weighted by atomic mass is 16.5. The molecule has 2 aliphatic heterocycles. The second kappa shape index (κ2) is 3.15. The molecule has 3 heteroatoms. The summed E-state index contributed by atoms with van der Waals surface area (Å²) in [5.74, 6) is 0. The Labute approximate surface area is 66.2 Å². The monoisotopic (exact) mass is 152 g/mol. The number of ether oxygens (including phenoxy) is 1. The third-order valence-corrected chi connectivity index (χ3v) is 1.97. The van der Waals surface area contributed by atoms with Gasteiger partial charge in [0.05, 0.1) is 12.3 Å². The zero-order valence-corrected chi connectivity index (χ0v) is 6.42. The van der Waals surface area contributed by atoms with Crippen molar-refractivity contribution in [1.29, 1.82) is 0 Å². The smallest absolute Gasteiger partial charge is 0.108 e. The van der Waals surface area contributed by atoms with Gasteiger partial charge in [-0.1, -0.05) is 6.08 Å². The number of nitrogens with zero attached hydrogens (tertiary/aromatic N) is 1. The van der Waals surface area contributed by atoms with Crippen LogP contribution in [-0.4, -0.2) is 31.5 Å². The number of allylic oxidation sites excluding steroid dienone is 1. The molecule has 0 saturated carbocycles. The Kier molecular flexibility index (Phi) is 2.01. The van der Waals surface area contributed by atoms with E-state index in [0.717, 1.165) is 31.8 Å². The molecule has 0 aromatic rings. The van der Waals surface area contributed by atoms with Crippen molar-refractivity contribution >= 4 is 5.71 Å². The van der Waals surface area contributed by atoms with Crippen LogP contribution in [0.15, 0.2) is 17.3 Å². The van der Waals surface area contributed by atoms with E-state index in [1.165, 1.54) is 0 Å². The van der Waals surface area contributed by atoms with Crippen LogP contribution >= 0.6 is 0 Å². The lowest BCUT2D eigenvalue weighted by Crippen LogP contribution is -2.42. The van der Waals surface area contributed by atoms with E-state index in [2.05, 4.69) is 16.4 Å². The van der Waals surface area contributed by atoms with Crippen molar-refractivity contribution in [3.63, 3.8) is 0 Å². The first-order valence-corrected chi connectivity index (χ1v) is 4.01. The predicted molar refractivity (Wildman–Crippen MR) is 43.8 cm³/mol. The quantitative estimate of drug-likeness (QED) is 0.587. The minimum Gasteiger partial charge on any atom is -0.370 e. The van der Waals surface area contributed by atoms with Gasteiger partial charge in [0.2, 0.25) is 0 Å². The van der Waals surface area contributed by atoms with Crippen LogP contribution in [0, 0.1) is 0 Å².